The van der Waals surface area contributed by atoms with Crippen molar-refractivity contribution >= 4 is 40.5 Å². The van der Waals surface area contributed by atoms with E-state index in [2.05, 4.69) is 26.1 Å². The third-order valence-corrected chi connectivity index (χ3v) is 4.61. The maximum atomic E-state index is 13.8. The molecule has 0 aliphatic carbocycles. The minimum Gasteiger partial charge on any atom is -0.311 e. The Morgan fingerprint density at radius 1 is 1.07 bits per heavy atom. The van der Waals surface area contributed by atoms with Gasteiger partial charge in [0, 0.05) is 5.69 Å². The molecule has 7 nitrogen and oxygen atoms in total. The lowest BCUT2D eigenvalue weighted by Crippen LogP contribution is -2.20. The summed E-state index contributed by atoms with van der Waals surface area (Å²) in [5, 5.41) is 15.6. The van der Waals surface area contributed by atoms with Crippen molar-refractivity contribution in [3.05, 3.63) is 72.0 Å². The molecule has 4 aromatic rings. The maximum absolute atomic E-state index is 13.8. The molecule has 4 N–H and O–H groups in total. The van der Waals surface area contributed by atoms with E-state index in [-0.39, 0.29) is 5.69 Å². The van der Waals surface area contributed by atoms with Crippen molar-refractivity contribution in [1.29, 1.82) is 0 Å². The maximum Gasteiger partial charge on any atom is 0.323 e. The van der Waals surface area contributed by atoms with Gasteiger partial charge in [0.15, 0.2) is 5.82 Å². The number of benzene rings is 3. The minimum absolute atomic E-state index is 0.117. The standard InChI is InChI=1S/C22H18FN5O2/c1-13-5-10-17(23)19(11-13)26-22(30)25-15-8-6-14(7-9-15)16-3-2-4-18-20(16)21(24-12-29)28-27-18/h2-12H,1H3,(H2,25,26,30)(H2,24,27,28,29). The molecule has 0 saturated heterocycles. The predicted molar refractivity (Wildman–Crippen MR) is 115 cm³/mol. The van der Waals surface area contributed by atoms with Gasteiger partial charge in [-0.1, -0.05) is 30.3 Å². The first kappa shape index (κ1) is 19.1. The molecule has 1 heterocycles. The molecule has 0 unspecified atom stereocenters. The van der Waals surface area contributed by atoms with Crippen LogP contribution < -0.4 is 16.0 Å². The average Bonchev–Trinajstić information content (AvgIpc) is 3.15. The highest BCUT2D eigenvalue weighted by Crippen LogP contribution is 2.33. The number of aryl methyl sites for hydroxylation is 1. The fourth-order valence-electron chi connectivity index (χ4n) is 3.23. The monoisotopic (exact) mass is 403 g/mol. The fourth-order valence-corrected chi connectivity index (χ4v) is 3.23. The van der Waals surface area contributed by atoms with E-state index in [0.717, 1.165) is 27.6 Å². The molecule has 0 saturated carbocycles. The van der Waals surface area contributed by atoms with Gasteiger partial charge in [0.05, 0.1) is 16.6 Å². The molecule has 0 bridgehead atoms. The Morgan fingerprint density at radius 3 is 2.63 bits per heavy atom. The largest absolute Gasteiger partial charge is 0.323 e. The van der Waals surface area contributed by atoms with Crippen molar-refractivity contribution in [2.75, 3.05) is 16.0 Å². The van der Waals surface area contributed by atoms with Crippen LogP contribution in [0.4, 0.5) is 26.4 Å². The number of carbonyl (C=O) groups excluding carboxylic acids is 2. The number of nitrogens with one attached hydrogen (secondary N) is 4. The van der Waals surface area contributed by atoms with Gasteiger partial charge in [-0.25, -0.2) is 9.18 Å². The van der Waals surface area contributed by atoms with E-state index in [0.29, 0.717) is 17.9 Å². The molecule has 3 amide bonds. The van der Waals surface area contributed by atoms with Crippen molar-refractivity contribution in [3.8, 4) is 11.1 Å². The lowest BCUT2D eigenvalue weighted by Gasteiger charge is -2.10. The van der Waals surface area contributed by atoms with Crippen LogP contribution in [0, 0.1) is 12.7 Å². The highest BCUT2D eigenvalue weighted by atomic mass is 19.1. The Labute approximate surface area is 171 Å². The summed E-state index contributed by atoms with van der Waals surface area (Å²) < 4.78 is 13.8. The molecule has 3 aromatic carbocycles. The Hall–Kier alpha value is -4.20. The predicted octanol–water partition coefficient (Wildman–Crippen LogP) is 4.89. The van der Waals surface area contributed by atoms with Crippen molar-refractivity contribution in [2.45, 2.75) is 6.92 Å². The van der Waals surface area contributed by atoms with Gasteiger partial charge in [0.1, 0.15) is 5.82 Å². The number of H-pyrrole nitrogens is 1. The third-order valence-electron chi connectivity index (χ3n) is 4.61. The van der Waals surface area contributed by atoms with Crippen molar-refractivity contribution in [3.63, 3.8) is 0 Å². The van der Waals surface area contributed by atoms with Crippen LogP contribution in [0.5, 0.6) is 0 Å². The number of nitrogens with zero attached hydrogens (tertiary/aromatic N) is 1. The molecule has 0 fully saturated rings. The first-order valence-corrected chi connectivity index (χ1v) is 9.17. The number of aromatic nitrogens is 2. The van der Waals surface area contributed by atoms with Crippen LogP contribution in [0.1, 0.15) is 5.56 Å². The molecular formula is C22H18FN5O2. The number of anilines is 3. The number of amides is 3. The van der Waals surface area contributed by atoms with Gasteiger partial charge in [0.2, 0.25) is 6.41 Å². The lowest BCUT2D eigenvalue weighted by atomic mass is 10.0. The van der Waals surface area contributed by atoms with Gasteiger partial charge in [-0.3, -0.25) is 9.89 Å². The van der Waals surface area contributed by atoms with Gasteiger partial charge in [0.25, 0.3) is 0 Å². The number of hydrogen-bond donors (Lipinski definition) is 4. The summed E-state index contributed by atoms with van der Waals surface area (Å²) in [5.74, 6) is -0.0589. The Balaban J connectivity index is 1.54. The summed E-state index contributed by atoms with van der Waals surface area (Å²) in [5.41, 5.74) is 4.06. The number of carbonyl (C=O) groups is 2. The van der Waals surface area contributed by atoms with Crippen LogP contribution in [-0.4, -0.2) is 22.6 Å². The molecule has 4 rings (SSSR count). The summed E-state index contributed by atoms with van der Waals surface area (Å²) in [6.45, 7) is 1.82. The fraction of sp³-hybridized carbons (Fsp3) is 0.0455. The molecule has 0 spiro atoms. The van der Waals surface area contributed by atoms with Crippen LogP contribution in [-0.2, 0) is 4.79 Å². The number of halogens is 1. The zero-order chi connectivity index (χ0) is 21.1. The highest BCUT2D eigenvalue weighted by Gasteiger charge is 2.12. The van der Waals surface area contributed by atoms with Crippen LogP contribution in [0.25, 0.3) is 22.0 Å². The molecule has 0 atom stereocenters. The molecule has 30 heavy (non-hydrogen) atoms. The van der Waals surface area contributed by atoms with Gasteiger partial charge < -0.3 is 16.0 Å². The summed E-state index contributed by atoms with van der Waals surface area (Å²) in [7, 11) is 0. The van der Waals surface area contributed by atoms with E-state index < -0.39 is 11.8 Å². The van der Waals surface area contributed by atoms with Crippen LogP contribution in [0.15, 0.2) is 60.7 Å². The van der Waals surface area contributed by atoms with E-state index in [4.69, 9.17) is 0 Å². The lowest BCUT2D eigenvalue weighted by molar-refractivity contribution is -0.105. The Bertz CT molecular complexity index is 1230. The second kappa shape index (κ2) is 8.04. The van der Waals surface area contributed by atoms with Gasteiger partial charge in [-0.15, -0.1) is 0 Å². The summed E-state index contributed by atoms with van der Waals surface area (Å²) in [4.78, 5) is 23.1. The van der Waals surface area contributed by atoms with E-state index in [9.17, 15) is 14.0 Å². The first-order valence-electron chi connectivity index (χ1n) is 9.17. The van der Waals surface area contributed by atoms with Gasteiger partial charge in [-0.05, 0) is 53.9 Å². The second-order valence-corrected chi connectivity index (χ2v) is 6.70. The highest BCUT2D eigenvalue weighted by molar-refractivity contribution is 6.04. The van der Waals surface area contributed by atoms with Gasteiger partial charge in [-0.2, -0.15) is 5.10 Å². The number of rotatable bonds is 5. The SMILES string of the molecule is Cc1ccc(F)c(NC(=O)Nc2ccc(-c3cccc4[nH]nc(NC=O)c34)cc2)c1. The molecular weight excluding hydrogens is 385 g/mol. The van der Waals surface area contributed by atoms with Gasteiger partial charge >= 0.3 is 6.03 Å². The molecule has 150 valence electrons. The third kappa shape index (κ3) is 3.83. The van der Waals surface area contributed by atoms with Crippen LogP contribution >= 0.6 is 0 Å². The first-order chi connectivity index (χ1) is 14.5. The minimum atomic E-state index is -0.540. The van der Waals surface area contributed by atoms with Crippen molar-refractivity contribution in [1.82, 2.24) is 10.2 Å². The molecule has 0 aliphatic rings. The van der Waals surface area contributed by atoms with E-state index in [1.54, 1.807) is 24.3 Å². The Kier molecular flexibility index (Phi) is 5.13. The van der Waals surface area contributed by atoms with Crippen molar-refractivity contribution in [2.24, 2.45) is 0 Å². The molecule has 1 aromatic heterocycles. The summed E-state index contributed by atoms with van der Waals surface area (Å²) >= 11 is 0. The average molecular weight is 403 g/mol. The number of aromatic amines is 1. The number of hydrogen-bond acceptors (Lipinski definition) is 3. The van der Waals surface area contributed by atoms with E-state index >= 15 is 0 Å². The Morgan fingerprint density at radius 2 is 1.87 bits per heavy atom. The number of fused-ring (bicyclic) bond motifs is 1. The molecule has 0 aliphatic heterocycles. The molecule has 8 heteroatoms. The smallest absolute Gasteiger partial charge is 0.311 e. The zero-order valence-corrected chi connectivity index (χ0v) is 16.0. The normalized spacial score (nSPS) is 10.6. The van der Waals surface area contributed by atoms with Crippen molar-refractivity contribution < 1.29 is 14.0 Å². The second-order valence-electron chi connectivity index (χ2n) is 6.70. The van der Waals surface area contributed by atoms with Crippen LogP contribution in [0.2, 0.25) is 0 Å². The summed E-state index contributed by atoms with van der Waals surface area (Å²) in [6.07, 6.45) is 0.578. The topological polar surface area (TPSA) is 98.9 Å². The number of urea groups is 1. The molecule has 0 radical (unpaired) electrons. The zero-order valence-electron chi connectivity index (χ0n) is 16.0. The van der Waals surface area contributed by atoms with E-state index in [1.807, 2.05) is 37.3 Å². The van der Waals surface area contributed by atoms with Crippen LogP contribution in [0.3, 0.4) is 0 Å². The van der Waals surface area contributed by atoms with E-state index in [1.165, 1.54) is 6.07 Å². The quantitative estimate of drug-likeness (QED) is 0.357. The summed E-state index contributed by atoms with van der Waals surface area (Å²) in [6, 6.07) is 16.8.